The second-order valence-corrected chi connectivity index (χ2v) is 6.97. The molecule has 0 saturated carbocycles. The molecular weight excluding hydrogens is 340 g/mol. The molecule has 3 rings (SSSR count). The Kier molecular flexibility index (Phi) is 4.39. The number of rotatable bonds is 4. The summed E-state index contributed by atoms with van der Waals surface area (Å²) in [6, 6.07) is 4.57. The third kappa shape index (κ3) is 3.40. The minimum atomic E-state index is -0.718. The van der Waals surface area contributed by atoms with Crippen LogP contribution < -0.4 is 0 Å². The molecule has 0 aliphatic carbocycles. The van der Waals surface area contributed by atoms with E-state index in [2.05, 4.69) is 0 Å². The zero-order valence-corrected chi connectivity index (χ0v) is 13.5. The highest BCUT2D eigenvalue weighted by Crippen LogP contribution is 2.25. The Morgan fingerprint density at radius 3 is 2.91 bits per heavy atom. The predicted molar refractivity (Wildman–Crippen MR) is 84.7 cm³/mol. The van der Waals surface area contributed by atoms with Crippen molar-refractivity contribution in [3.05, 3.63) is 49.0 Å². The number of esters is 1. The Morgan fingerprint density at radius 1 is 1.35 bits per heavy atom. The number of carbonyl (C=O) groups excluding carboxylic acids is 2. The second-order valence-electron chi connectivity index (χ2n) is 4.91. The number of fused-ring (bicyclic) bond motifs is 1. The van der Waals surface area contributed by atoms with Gasteiger partial charge in [0, 0.05) is 24.0 Å². The standard InChI is InChI=1S/C14H12N2O5S2/c17-12(15-5-3-10-9(7-15)4-6-22-10)8-21-14(18)11-1-2-13(23-11)16(19)20/h1-2,4,6H,3,5,7-8H2. The van der Waals surface area contributed by atoms with Crippen LogP contribution in [0.5, 0.6) is 0 Å². The monoisotopic (exact) mass is 352 g/mol. The van der Waals surface area contributed by atoms with Gasteiger partial charge in [-0.3, -0.25) is 14.9 Å². The van der Waals surface area contributed by atoms with E-state index < -0.39 is 10.9 Å². The molecule has 0 fully saturated rings. The minimum Gasteiger partial charge on any atom is -0.451 e. The zero-order chi connectivity index (χ0) is 16.4. The van der Waals surface area contributed by atoms with Crippen LogP contribution >= 0.6 is 22.7 Å². The Labute approximate surface area is 139 Å². The molecule has 0 N–H and O–H groups in total. The van der Waals surface area contributed by atoms with Gasteiger partial charge in [-0.15, -0.1) is 11.3 Å². The third-order valence-corrected chi connectivity index (χ3v) is 5.50. The van der Waals surface area contributed by atoms with Gasteiger partial charge in [-0.05, 0) is 29.5 Å². The van der Waals surface area contributed by atoms with Crippen LogP contribution in [0.4, 0.5) is 5.00 Å². The van der Waals surface area contributed by atoms with Gasteiger partial charge < -0.3 is 9.64 Å². The average molecular weight is 352 g/mol. The van der Waals surface area contributed by atoms with Crippen LogP contribution in [0.2, 0.25) is 0 Å². The van der Waals surface area contributed by atoms with E-state index in [1.807, 2.05) is 11.4 Å². The third-order valence-electron chi connectivity index (χ3n) is 3.46. The van der Waals surface area contributed by atoms with Gasteiger partial charge in [0.1, 0.15) is 4.88 Å². The number of thiophene rings is 2. The molecule has 0 atom stereocenters. The molecule has 0 spiro atoms. The summed E-state index contributed by atoms with van der Waals surface area (Å²) in [5.41, 5.74) is 1.13. The highest BCUT2D eigenvalue weighted by Gasteiger charge is 2.23. The summed E-state index contributed by atoms with van der Waals surface area (Å²) in [6.45, 7) is 0.776. The van der Waals surface area contributed by atoms with E-state index in [-0.39, 0.29) is 22.4 Å². The summed E-state index contributed by atoms with van der Waals surface area (Å²) in [6.07, 6.45) is 0.809. The first-order valence-corrected chi connectivity index (χ1v) is 8.48. The van der Waals surface area contributed by atoms with Crippen molar-refractivity contribution in [2.45, 2.75) is 13.0 Å². The summed E-state index contributed by atoms with van der Waals surface area (Å²) in [5.74, 6) is -0.981. The Hall–Kier alpha value is -2.26. The number of nitro groups is 1. The quantitative estimate of drug-likeness (QED) is 0.479. The molecule has 0 radical (unpaired) electrons. The number of ether oxygens (including phenoxy) is 1. The SMILES string of the molecule is O=C(OCC(=O)N1CCc2sccc2C1)c1ccc([N+](=O)[O-])s1. The molecule has 23 heavy (non-hydrogen) atoms. The van der Waals surface area contributed by atoms with Crippen LogP contribution in [0.3, 0.4) is 0 Å². The van der Waals surface area contributed by atoms with Crippen LogP contribution in [-0.2, 0) is 22.5 Å². The van der Waals surface area contributed by atoms with Crippen molar-refractivity contribution in [2.75, 3.05) is 13.2 Å². The lowest BCUT2D eigenvalue weighted by atomic mass is 10.1. The van der Waals surface area contributed by atoms with Gasteiger partial charge in [-0.2, -0.15) is 0 Å². The topological polar surface area (TPSA) is 89.8 Å². The molecule has 0 unspecified atom stereocenters. The van der Waals surface area contributed by atoms with Gasteiger partial charge in [0.2, 0.25) is 0 Å². The highest BCUT2D eigenvalue weighted by molar-refractivity contribution is 7.17. The maximum Gasteiger partial charge on any atom is 0.349 e. The molecule has 1 aliphatic heterocycles. The van der Waals surface area contributed by atoms with E-state index >= 15 is 0 Å². The molecule has 0 aromatic carbocycles. The van der Waals surface area contributed by atoms with Crippen molar-refractivity contribution in [2.24, 2.45) is 0 Å². The highest BCUT2D eigenvalue weighted by atomic mass is 32.1. The predicted octanol–water partition coefficient (Wildman–Crippen LogP) is 2.46. The van der Waals surface area contributed by atoms with E-state index in [9.17, 15) is 19.7 Å². The molecule has 3 heterocycles. The van der Waals surface area contributed by atoms with Crippen LogP contribution in [0, 0.1) is 10.1 Å². The summed E-state index contributed by atoms with van der Waals surface area (Å²) in [4.78, 5) is 37.0. The van der Waals surface area contributed by atoms with Crippen molar-refractivity contribution >= 4 is 39.6 Å². The molecule has 2 aromatic heterocycles. The number of hydrogen-bond acceptors (Lipinski definition) is 7. The molecule has 0 bridgehead atoms. The largest absolute Gasteiger partial charge is 0.451 e. The molecular formula is C14H12N2O5S2. The number of carbonyl (C=O) groups is 2. The number of amides is 1. The molecule has 1 aliphatic rings. The van der Waals surface area contributed by atoms with Crippen LogP contribution in [0.25, 0.3) is 0 Å². The van der Waals surface area contributed by atoms with Crippen molar-refractivity contribution in [3.8, 4) is 0 Å². The van der Waals surface area contributed by atoms with Gasteiger partial charge >= 0.3 is 11.0 Å². The Balaban J connectivity index is 1.54. The Morgan fingerprint density at radius 2 is 2.17 bits per heavy atom. The van der Waals surface area contributed by atoms with Crippen LogP contribution in [0.15, 0.2) is 23.6 Å². The maximum atomic E-state index is 12.1. The first-order chi connectivity index (χ1) is 11.0. The second kappa shape index (κ2) is 6.47. The Bertz CT molecular complexity index is 767. The van der Waals surface area contributed by atoms with Gasteiger partial charge in [0.05, 0.1) is 4.92 Å². The first-order valence-electron chi connectivity index (χ1n) is 6.79. The van der Waals surface area contributed by atoms with Crippen LogP contribution in [-0.4, -0.2) is 34.9 Å². The summed E-state index contributed by atoms with van der Waals surface area (Å²) < 4.78 is 4.97. The zero-order valence-electron chi connectivity index (χ0n) is 11.9. The van der Waals surface area contributed by atoms with Crippen LogP contribution in [0.1, 0.15) is 20.1 Å². The van der Waals surface area contributed by atoms with Crippen molar-refractivity contribution in [1.82, 2.24) is 4.90 Å². The van der Waals surface area contributed by atoms with Gasteiger partial charge in [-0.25, -0.2) is 4.79 Å². The van der Waals surface area contributed by atoms with Gasteiger partial charge in [-0.1, -0.05) is 11.3 Å². The first kappa shape index (κ1) is 15.6. The molecule has 1 amide bonds. The summed E-state index contributed by atoms with van der Waals surface area (Å²) in [5, 5.41) is 12.5. The van der Waals surface area contributed by atoms with Crippen molar-refractivity contribution in [1.29, 1.82) is 0 Å². The number of nitrogens with zero attached hydrogens (tertiary/aromatic N) is 2. The number of hydrogen-bond donors (Lipinski definition) is 0. The molecule has 9 heteroatoms. The lowest BCUT2D eigenvalue weighted by Crippen LogP contribution is -2.38. The molecule has 2 aromatic rings. The fourth-order valence-corrected chi connectivity index (χ4v) is 3.89. The van der Waals surface area contributed by atoms with E-state index in [0.717, 1.165) is 23.3 Å². The maximum absolute atomic E-state index is 12.1. The fraction of sp³-hybridized carbons (Fsp3) is 0.286. The lowest BCUT2D eigenvalue weighted by Gasteiger charge is -2.26. The summed E-state index contributed by atoms with van der Waals surface area (Å²) >= 11 is 2.41. The van der Waals surface area contributed by atoms with Gasteiger partial charge in [0.15, 0.2) is 6.61 Å². The van der Waals surface area contributed by atoms with E-state index in [1.165, 1.54) is 17.0 Å². The summed E-state index contributed by atoms with van der Waals surface area (Å²) in [7, 11) is 0. The molecule has 7 nitrogen and oxygen atoms in total. The molecule has 0 saturated heterocycles. The van der Waals surface area contributed by atoms with E-state index in [4.69, 9.17) is 4.74 Å². The minimum absolute atomic E-state index is 0.114. The normalized spacial score (nSPS) is 13.5. The van der Waals surface area contributed by atoms with E-state index in [0.29, 0.717) is 13.1 Å². The van der Waals surface area contributed by atoms with Crippen molar-refractivity contribution < 1.29 is 19.2 Å². The fourth-order valence-electron chi connectivity index (χ4n) is 2.29. The van der Waals surface area contributed by atoms with Gasteiger partial charge in [0.25, 0.3) is 5.91 Å². The average Bonchev–Trinajstić information content (AvgIpc) is 3.20. The van der Waals surface area contributed by atoms with E-state index in [1.54, 1.807) is 16.2 Å². The van der Waals surface area contributed by atoms with Crippen molar-refractivity contribution in [3.63, 3.8) is 0 Å². The smallest absolute Gasteiger partial charge is 0.349 e. The molecule has 120 valence electrons. The lowest BCUT2D eigenvalue weighted by molar-refractivity contribution is -0.380.